The van der Waals surface area contributed by atoms with E-state index in [9.17, 15) is 9.59 Å². The van der Waals surface area contributed by atoms with Gasteiger partial charge in [-0.05, 0) is 57.1 Å². The first kappa shape index (κ1) is 24.5. The van der Waals surface area contributed by atoms with Crippen molar-refractivity contribution < 1.29 is 9.59 Å². The minimum atomic E-state index is -0.128. The second kappa shape index (κ2) is 11.2. The first-order valence-corrected chi connectivity index (χ1v) is 13.1. The summed E-state index contributed by atoms with van der Waals surface area (Å²) in [7, 11) is 2.16. The van der Waals surface area contributed by atoms with E-state index < -0.39 is 0 Å². The predicted octanol–water partition coefficient (Wildman–Crippen LogP) is 2.72. The van der Waals surface area contributed by atoms with Crippen molar-refractivity contribution in [2.45, 2.75) is 25.2 Å². The zero-order valence-corrected chi connectivity index (χ0v) is 21.1. The van der Waals surface area contributed by atoms with Crippen molar-refractivity contribution >= 4 is 17.3 Å². The van der Waals surface area contributed by atoms with Crippen molar-refractivity contribution in [3.05, 3.63) is 71.8 Å². The molecule has 8 heteroatoms. The lowest BCUT2D eigenvalue weighted by molar-refractivity contribution is 0.0703. The standard InChI is InChI=1S/C28H36N6O2/c1-31-17-19-32(20-18-31)14-8-13-29-27(35)25-24-12-5-6-16-34(24)26(30-25)23-11-7-15-33(21-23)28(36)22-9-3-2-4-10-22/h2-6,9-10,12,16,23H,7-8,11,13-15,17-21H2,1H3,(H,29,35). The van der Waals surface area contributed by atoms with Gasteiger partial charge in [-0.15, -0.1) is 0 Å². The number of likely N-dealkylation sites (tertiary alicyclic amines) is 1. The van der Waals surface area contributed by atoms with Crippen LogP contribution < -0.4 is 5.32 Å². The number of pyridine rings is 1. The SMILES string of the molecule is CN1CCN(CCCNC(=O)c2nc(C3CCCN(C(=O)c4ccccc4)C3)n3ccccc23)CC1. The Labute approximate surface area is 212 Å². The third kappa shape index (κ3) is 5.44. The van der Waals surface area contributed by atoms with E-state index in [4.69, 9.17) is 4.98 Å². The smallest absolute Gasteiger partial charge is 0.272 e. The second-order valence-corrected chi connectivity index (χ2v) is 9.99. The first-order valence-electron chi connectivity index (χ1n) is 13.1. The summed E-state index contributed by atoms with van der Waals surface area (Å²) in [5, 5.41) is 3.09. The number of amides is 2. The monoisotopic (exact) mass is 488 g/mol. The van der Waals surface area contributed by atoms with E-state index in [1.165, 1.54) is 0 Å². The second-order valence-electron chi connectivity index (χ2n) is 9.99. The lowest BCUT2D eigenvalue weighted by Gasteiger charge is -2.32. The molecule has 0 aliphatic carbocycles. The molecule has 3 aromatic rings. The highest BCUT2D eigenvalue weighted by Gasteiger charge is 2.30. The first-order chi connectivity index (χ1) is 17.6. The Morgan fingerprint density at radius 2 is 1.78 bits per heavy atom. The summed E-state index contributed by atoms with van der Waals surface area (Å²) in [6.07, 6.45) is 4.75. The molecule has 2 fully saturated rings. The number of rotatable bonds is 7. The van der Waals surface area contributed by atoms with Gasteiger partial charge in [0.05, 0.1) is 5.52 Å². The van der Waals surface area contributed by atoms with E-state index in [2.05, 4.69) is 22.2 Å². The van der Waals surface area contributed by atoms with Gasteiger partial charge in [-0.25, -0.2) is 4.98 Å². The summed E-state index contributed by atoms with van der Waals surface area (Å²) in [5.41, 5.74) is 2.00. The molecule has 8 nitrogen and oxygen atoms in total. The highest BCUT2D eigenvalue weighted by Crippen LogP contribution is 2.29. The van der Waals surface area contributed by atoms with Gasteiger partial charge in [-0.2, -0.15) is 0 Å². The fourth-order valence-electron chi connectivity index (χ4n) is 5.31. The van der Waals surface area contributed by atoms with Crippen molar-refractivity contribution in [3.63, 3.8) is 0 Å². The number of fused-ring (bicyclic) bond motifs is 1. The van der Waals surface area contributed by atoms with E-state index in [-0.39, 0.29) is 17.7 Å². The number of hydrogen-bond donors (Lipinski definition) is 1. The van der Waals surface area contributed by atoms with Crippen molar-refractivity contribution in [1.82, 2.24) is 29.4 Å². The quantitative estimate of drug-likeness (QED) is 0.518. The van der Waals surface area contributed by atoms with E-state index >= 15 is 0 Å². The van der Waals surface area contributed by atoms with E-state index in [0.29, 0.717) is 24.3 Å². The lowest BCUT2D eigenvalue weighted by Crippen LogP contribution is -2.45. The Kier molecular flexibility index (Phi) is 7.63. The van der Waals surface area contributed by atoms with Crippen LogP contribution in [-0.4, -0.2) is 95.3 Å². The molecule has 1 N–H and O–H groups in total. The summed E-state index contributed by atoms with van der Waals surface area (Å²) in [5.74, 6) is 0.870. The Hall–Kier alpha value is -3.23. The molecule has 0 radical (unpaired) electrons. The molecule has 2 aromatic heterocycles. The van der Waals surface area contributed by atoms with Gasteiger partial charge in [-0.3, -0.25) is 9.59 Å². The van der Waals surface area contributed by atoms with Crippen LogP contribution in [0, 0.1) is 0 Å². The number of piperazine rings is 1. The Balaban J connectivity index is 1.25. The van der Waals surface area contributed by atoms with Crippen molar-refractivity contribution in [3.8, 4) is 0 Å². The van der Waals surface area contributed by atoms with Crippen LogP contribution >= 0.6 is 0 Å². The van der Waals surface area contributed by atoms with Crippen molar-refractivity contribution in [1.29, 1.82) is 0 Å². The fraction of sp³-hybridized carbons (Fsp3) is 0.464. The van der Waals surface area contributed by atoms with Gasteiger partial charge in [0.2, 0.25) is 0 Å². The van der Waals surface area contributed by atoms with Gasteiger partial charge < -0.3 is 24.4 Å². The molecule has 190 valence electrons. The number of benzene rings is 1. The van der Waals surface area contributed by atoms with Crippen LogP contribution in [0.4, 0.5) is 0 Å². The minimum Gasteiger partial charge on any atom is -0.351 e. The molecule has 2 saturated heterocycles. The summed E-state index contributed by atoms with van der Waals surface area (Å²) in [4.78, 5) is 37.8. The maximum atomic E-state index is 13.1. The maximum Gasteiger partial charge on any atom is 0.272 e. The highest BCUT2D eigenvalue weighted by molar-refractivity contribution is 5.99. The molecule has 1 aromatic carbocycles. The molecular weight excluding hydrogens is 452 g/mol. The molecule has 5 rings (SSSR count). The molecule has 36 heavy (non-hydrogen) atoms. The molecule has 0 spiro atoms. The average molecular weight is 489 g/mol. The van der Waals surface area contributed by atoms with E-state index in [0.717, 1.165) is 69.9 Å². The molecule has 1 atom stereocenters. The molecule has 2 aliphatic rings. The normalized spacial score (nSPS) is 19.5. The summed E-state index contributed by atoms with van der Waals surface area (Å²) < 4.78 is 2.03. The van der Waals surface area contributed by atoms with Gasteiger partial charge in [0.15, 0.2) is 5.69 Å². The Morgan fingerprint density at radius 1 is 1.00 bits per heavy atom. The number of hydrogen-bond acceptors (Lipinski definition) is 5. The average Bonchev–Trinajstić information content (AvgIpc) is 3.32. The number of aromatic nitrogens is 2. The minimum absolute atomic E-state index is 0.0551. The summed E-state index contributed by atoms with van der Waals surface area (Å²) in [6.45, 7) is 7.36. The zero-order chi connectivity index (χ0) is 24.9. The Bertz CT molecular complexity index is 1190. The molecule has 2 aliphatic heterocycles. The molecule has 0 saturated carbocycles. The predicted molar refractivity (Wildman–Crippen MR) is 140 cm³/mol. The topological polar surface area (TPSA) is 73.2 Å². The van der Waals surface area contributed by atoms with E-state index in [1.807, 2.05) is 64.0 Å². The molecule has 0 bridgehead atoms. The number of carbonyl (C=O) groups is 2. The van der Waals surface area contributed by atoms with Crippen LogP contribution in [0.3, 0.4) is 0 Å². The van der Waals surface area contributed by atoms with Crippen LogP contribution in [0.5, 0.6) is 0 Å². The number of carbonyl (C=O) groups excluding carboxylic acids is 2. The van der Waals surface area contributed by atoms with Crippen LogP contribution in [0.2, 0.25) is 0 Å². The zero-order valence-electron chi connectivity index (χ0n) is 21.1. The van der Waals surface area contributed by atoms with Crippen LogP contribution in [0.15, 0.2) is 54.7 Å². The molecular formula is C28H36N6O2. The number of nitrogens with one attached hydrogen (secondary N) is 1. The number of piperidine rings is 1. The summed E-state index contributed by atoms with van der Waals surface area (Å²) in [6, 6.07) is 15.3. The van der Waals surface area contributed by atoms with Gasteiger partial charge in [-0.1, -0.05) is 24.3 Å². The van der Waals surface area contributed by atoms with Crippen molar-refractivity contribution in [2.24, 2.45) is 0 Å². The van der Waals surface area contributed by atoms with Crippen molar-refractivity contribution in [2.75, 3.05) is 59.4 Å². The van der Waals surface area contributed by atoms with Gasteiger partial charge in [0, 0.05) is 63.5 Å². The molecule has 4 heterocycles. The maximum absolute atomic E-state index is 13.1. The van der Waals surface area contributed by atoms with E-state index in [1.54, 1.807) is 0 Å². The van der Waals surface area contributed by atoms with Crippen LogP contribution in [0.1, 0.15) is 51.9 Å². The Morgan fingerprint density at radius 3 is 2.58 bits per heavy atom. The molecule has 1 unspecified atom stereocenters. The fourth-order valence-corrected chi connectivity index (χ4v) is 5.31. The van der Waals surface area contributed by atoms with Crippen LogP contribution in [0.25, 0.3) is 5.52 Å². The van der Waals surface area contributed by atoms with Gasteiger partial charge >= 0.3 is 0 Å². The number of nitrogens with zero attached hydrogens (tertiary/aromatic N) is 5. The third-order valence-electron chi connectivity index (χ3n) is 7.42. The number of imidazole rings is 1. The third-order valence-corrected chi connectivity index (χ3v) is 7.42. The summed E-state index contributed by atoms with van der Waals surface area (Å²) >= 11 is 0. The largest absolute Gasteiger partial charge is 0.351 e. The number of likely N-dealkylation sites (N-methyl/N-ethyl adjacent to an activating group) is 1. The van der Waals surface area contributed by atoms with Gasteiger partial charge in [0.1, 0.15) is 5.82 Å². The van der Waals surface area contributed by atoms with Gasteiger partial charge in [0.25, 0.3) is 11.8 Å². The lowest BCUT2D eigenvalue weighted by atomic mass is 9.96. The van der Waals surface area contributed by atoms with Crippen LogP contribution in [-0.2, 0) is 0 Å². The highest BCUT2D eigenvalue weighted by atomic mass is 16.2. The molecule has 2 amide bonds.